The maximum absolute atomic E-state index is 13.2. The molecule has 0 atom stereocenters. The molecule has 3 aromatic rings. The highest BCUT2D eigenvalue weighted by atomic mass is 32.1. The number of carbonyl (C=O) groups excluding carboxylic acids is 2. The average molecular weight is 373 g/mol. The number of aromatic nitrogens is 1. The van der Waals surface area contributed by atoms with Crippen LogP contribution in [0.15, 0.2) is 52.5 Å². The molecule has 8 heteroatoms. The standard InChI is InChI=1S/C18H16FN3O3S/c1-22(10-12-4-2-5-13(19)8-12)16(23)9-14-11-26-18(20-14)21-17(24)15-6-3-7-25-15/h2-8,11H,9-10H2,1H3,(H,20,21,24). The molecular formula is C18H16FN3O3S. The number of hydrogen-bond acceptors (Lipinski definition) is 5. The van der Waals surface area contributed by atoms with E-state index in [2.05, 4.69) is 10.3 Å². The minimum absolute atomic E-state index is 0.0962. The Hall–Kier alpha value is -3.00. The Labute approximate surface area is 153 Å². The fraction of sp³-hybridized carbons (Fsp3) is 0.167. The fourth-order valence-corrected chi connectivity index (χ4v) is 3.00. The molecule has 0 fully saturated rings. The molecular weight excluding hydrogens is 357 g/mol. The Kier molecular flexibility index (Phi) is 5.43. The van der Waals surface area contributed by atoms with Crippen molar-refractivity contribution < 1.29 is 18.4 Å². The molecule has 0 spiro atoms. The number of carbonyl (C=O) groups is 2. The highest BCUT2D eigenvalue weighted by molar-refractivity contribution is 7.14. The molecule has 0 aliphatic rings. The first-order valence-corrected chi connectivity index (χ1v) is 8.67. The molecule has 0 aliphatic carbocycles. The van der Waals surface area contributed by atoms with E-state index < -0.39 is 5.91 Å². The molecule has 6 nitrogen and oxygen atoms in total. The van der Waals surface area contributed by atoms with Crippen molar-refractivity contribution in [3.63, 3.8) is 0 Å². The molecule has 2 amide bonds. The van der Waals surface area contributed by atoms with Crippen LogP contribution in [0, 0.1) is 5.82 Å². The van der Waals surface area contributed by atoms with Crippen molar-refractivity contribution in [3.05, 3.63) is 70.9 Å². The van der Waals surface area contributed by atoms with Gasteiger partial charge in [-0.3, -0.25) is 14.9 Å². The SMILES string of the molecule is CN(Cc1cccc(F)c1)C(=O)Cc1csc(NC(=O)c2ccco2)n1. The van der Waals surface area contributed by atoms with Crippen molar-refractivity contribution in [2.45, 2.75) is 13.0 Å². The zero-order valence-corrected chi connectivity index (χ0v) is 14.8. The van der Waals surface area contributed by atoms with Crippen LogP contribution in [0.2, 0.25) is 0 Å². The highest BCUT2D eigenvalue weighted by Crippen LogP contribution is 2.18. The number of anilines is 1. The van der Waals surface area contributed by atoms with Crippen LogP contribution in [0.5, 0.6) is 0 Å². The van der Waals surface area contributed by atoms with Crippen LogP contribution in [0.1, 0.15) is 21.8 Å². The van der Waals surface area contributed by atoms with Gasteiger partial charge in [0.25, 0.3) is 5.91 Å². The topological polar surface area (TPSA) is 75.4 Å². The largest absolute Gasteiger partial charge is 0.459 e. The first kappa shape index (κ1) is 17.8. The van der Waals surface area contributed by atoms with Gasteiger partial charge in [0.2, 0.25) is 5.91 Å². The number of likely N-dealkylation sites (N-methyl/N-ethyl adjacent to an activating group) is 1. The molecule has 2 heterocycles. The Morgan fingerprint density at radius 2 is 2.15 bits per heavy atom. The van der Waals surface area contributed by atoms with Gasteiger partial charge in [0.05, 0.1) is 18.4 Å². The number of furan rings is 1. The summed E-state index contributed by atoms with van der Waals surface area (Å²) in [4.78, 5) is 30.0. The van der Waals surface area contributed by atoms with Gasteiger partial charge in [0, 0.05) is 19.0 Å². The molecule has 1 aromatic carbocycles. The summed E-state index contributed by atoms with van der Waals surface area (Å²) in [6, 6.07) is 9.30. The molecule has 1 N–H and O–H groups in total. The van der Waals surface area contributed by atoms with E-state index in [9.17, 15) is 14.0 Å². The van der Waals surface area contributed by atoms with Crippen molar-refractivity contribution in [2.24, 2.45) is 0 Å². The van der Waals surface area contributed by atoms with Crippen molar-refractivity contribution in [1.82, 2.24) is 9.88 Å². The second-order valence-corrected chi connectivity index (χ2v) is 6.49. The van der Waals surface area contributed by atoms with E-state index in [4.69, 9.17) is 4.42 Å². The van der Waals surface area contributed by atoms with Gasteiger partial charge in [-0.05, 0) is 29.8 Å². The van der Waals surface area contributed by atoms with Gasteiger partial charge in [-0.25, -0.2) is 9.37 Å². The summed E-state index contributed by atoms with van der Waals surface area (Å²) >= 11 is 1.23. The number of hydrogen-bond donors (Lipinski definition) is 1. The molecule has 0 radical (unpaired) electrons. The molecule has 0 saturated carbocycles. The predicted molar refractivity (Wildman–Crippen MR) is 95.4 cm³/mol. The zero-order chi connectivity index (χ0) is 18.5. The summed E-state index contributed by atoms with van der Waals surface area (Å²) in [6.45, 7) is 0.308. The molecule has 134 valence electrons. The van der Waals surface area contributed by atoms with Crippen molar-refractivity contribution in [2.75, 3.05) is 12.4 Å². The minimum atomic E-state index is -0.398. The van der Waals surface area contributed by atoms with Gasteiger partial charge in [0.1, 0.15) is 5.82 Å². The van der Waals surface area contributed by atoms with Crippen molar-refractivity contribution >= 4 is 28.3 Å². The lowest BCUT2D eigenvalue weighted by Crippen LogP contribution is -2.27. The Balaban J connectivity index is 1.56. The molecule has 26 heavy (non-hydrogen) atoms. The summed E-state index contributed by atoms with van der Waals surface area (Å²) < 4.78 is 18.2. The van der Waals surface area contributed by atoms with Crippen LogP contribution in [0.3, 0.4) is 0 Å². The lowest BCUT2D eigenvalue weighted by Gasteiger charge is -2.16. The smallest absolute Gasteiger partial charge is 0.293 e. The third-order valence-electron chi connectivity index (χ3n) is 3.58. The molecule has 2 aromatic heterocycles. The maximum atomic E-state index is 13.2. The van der Waals surface area contributed by atoms with Gasteiger partial charge in [-0.1, -0.05) is 12.1 Å². The van der Waals surface area contributed by atoms with E-state index in [1.807, 2.05) is 0 Å². The number of thiazole rings is 1. The van der Waals surface area contributed by atoms with Gasteiger partial charge in [0.15, 0.2) is 10.9 Å². The third kappa shape index (κ3) is 4.54. The van der Waals surface area contributed by atoms with E-state index in [1.165, 1.54) is 34.6 Å². The van der Waals surface area contributed by atoms with Gasteiger partial charge >= 0.3 is 0 Å². The van der Waals surface area contributed by atoms with Gasteiger partial charge < -0.3 is 9.32 Å². The lowest BCUT2D eigenvalue weighted by atomic mass is 10.2. The first-order chi connectivity index (χ1) is 12.5. The highest BCUT2D eigenvalue weighted by Gasteiger charge is 2.15. The lowest BCUT2D eigenvalue weighted by molar-refractivity contribution is -0.129. The second kappa shape index (κ2) is 7.92. The minimum Gasteiger partial charge on any atom is -0.459 e. The van der Waals surface area contributed by atoms with Crippen LogP contribution in [-0.4, -0.2) is 28.7 Å². The van der Waals surface area contributed by atoms with E-state index in [1.54, 1.807) is 36.7 Å². The van der Waals surface area contributed by atoms with E-state index >= 15 is 0 Å². The van der Waals surface area contributed by atoms with Crippen LogP contribution in [-0.2, 0) is 17.8 Å². The monoisotopic (exact) mass is 373 g/mol. The van der Waals surface area contributed by atoms with Gasteiger partial charge in [-0.2, -0.15) is 0 Å². The molecule has 0 unspecified atom stereocenters. The molecule has 3 rings (SSSR count). The Morgan fingerprint density at radius 1 is 1.31 bits per heavy atom. The molecule has 0 aliphatic heterocycles. The first-order valence-electron chi connectivity index (χ1n) is 7.79. The summed E-state index contributed by atoms with van der Waals surface area (Å²) in [5.41, 5.74) is 1.27. The number of benzene rings is 1. The quantitative estimate of drug-likeness (QED) is 0.719. The summed E-state index contributed by atoms with van der Waals surface area (Å²) in [7, 11) is 1.65. The number of rotatable bonds is 6. The number of amides is 2. The second-order valence-electron chi connectivity index (χ2n) is 5.63. The number of halogens is 1. The van der Waals surface area contributed by atoms with Crippen LogP contribution in [0.4, 0.5) is 9.52 Å². The average Bonchev–Trinajstić information content (AvgIpc) is 3.27. The normalized spacial score (nSPS) is 10.5. The zero-order valence-electron chi connectivity index (χ0n) is 13.9. The van der Waals surface area contributed by atoms with E-state index in [0.29, 0.717) is 22.9 Å². The third-order valence-corrected chi connectivity index (χ3v) is 4.39. The van der Waals surface area contributed by atoms with Crippen LogP contribution in [0.25, 0.3) is 0 Å². The number of nitrogens with one attached hydrogen (secondary N) is 1. The van der Waals surface area contributed by atoms with Crippen molar-refractivity contribution in [3.8, 4) is 0 Å². The van der Waals surface area contributed by atoms with E-state index in [0.717, 1.165) is 0 Å². The van der Waals surface area contributed by atoms with Crippen LogP contribution >= 0.6 is 11.3 Å². The summed E-state index contributed by atoms with van der Waals surface area (Å²) in [6.07, 6.45) is 1.51. The van der Waals surface area contributed by atoms with Gasteiger partial charge in [-0.15, -0.1) is 11.3 Å². The Morgan fingerprint density at radius 3 is 2.88 bits per heavy atom. The summed E-state index contributed by atoms with van der Waals surface area (Å²) in [5, 5.41) is 4.73. The molecule has 0 bridgehead atoms. The Bertz CT molecular complexity index is 908. The number of nitrogens with zero attached hydrogens (tertiary/aromatic N) is 2. The van der Waals surface area contributed by atoms with E-state index in [-0.39, 0.29) is 23.9 Å². The summed E-state index contributed by atoms with van der Waals surface area (Å²) in [5.74, 6) is -0.693. The predicted octanol–water partition coefficient (Wildman–Crippen LogP) is 3.33. The van der Waals surface area contributed by atoms with Crippen molar-refractivity contribution in [1.29, 1.82) is 0 Å². The molecule has 0 saturated heterocycles. The fourth-order valence-electron chi connectivity index (χ4n) is 2.30. The maximum Gasteiger partial charge on any atom is 0.293 e. The van der Waals surface area contributed by atoms with Crippen LogP contribution < -0.4 is 5.32 Å².